The van der Waals surface area contributed by atoms with Crippen LogP contribution in [0.3, 0.4) is 0 Å². The van der Waals surface area contributed by atoms with E-state index in [1.54, 1.807) is 6.07 Å². The van der Waals surface area contributed by atoms with Crippen molar-refractivity contribution in [2.75, 3.05) is 6.61 Å². The monoisotopic (exact) mass is 351 g/mol. The van der Waals surface area contributed by atoms with Gasteiger partial charge in [0.1, 0.15) is 5.75 Å². The summed E-state index contributed by atoms with van der Waals surface area (Å²) < 4.78 is 5.60. The highest BCUT2D eigenvalue weighted by Gasteiger charge is 2.34. The van der Waals surface area contributed by atoms with Crippen LogP contribution < -0.4 is 4.74 Å². The van der Waals surface area contributed by atoms with E-state index < -0.39 is 5.97 Å². The van der Waals surface area contributed by atoms with Crippen molar-refractivity contribution in [1.29, 1.82) is 0 Å². The quantitative estimate of drug-likeness (QED) is 0.790. The van der Waals surface area contributed by atoms with Crippen LogP contribution in [0.4, 0.5) is 0 Å². The van der Waals surface area contributed by atoms with Gasteiger partial charge < -0.3 is 14.7 Å². The Balaban J connectivity index is 1.68. The predicted octanol–water partition coefficient (Wildman–Crippen LogP) is 3.87. The number of halogens is 1. The first-order valence-electron chi connectivity index (χ1n) is 8.54. The molecule has 0 aromatic heterocycles. The Morgan fingerprint density at radius 3 is 2.75 bits per heavy atom. The lowest BCUT2D eigenvalue weighted by molar-refractivity contribution is -0.137. The Hall–Kier alpha value is -1.75. The molecular formula is C18H22ClNO4. The van der Waals surface area contributed by atoms with Crippen molar-refractivity contribution in [3.05, 3.63) is 28.3 Å². The van der Waals surface area contributed by atoms with E-state index in [0.717, 1.165) is 18.4 Å². The van der Waals surface area contributed by atoms with Gasteiger partial charge in [-0.15, -0.1) is 0 Å². The smallest absolute Gasteiger partial charge is 0.303 e. The maximum absolute atomic E-state index is 12.7. The molecule has 0 atom stereocenters. The number of carboxylic acids is 1. The SMILES string of the molecule is O=C(O)CCCOc1cc2c(cc1Cl)C(=O)N(C1CCCCC1)C2. The summed E-state index contributed by atoms with van der Waals surface area (Å²) in [6, 6.07) is 3.85. The highest BCUT2D eigenvalue weighted by molar-refractivity contribution is 6.32. The van der Waals surface area contributed by atoms with Gasteiger partial charge in [-0.3, -0.25) is 9.59 Å². The number of aliphatic carboxylic acids is 1. The first kappa shape index (κ1) is 17.1. The molecule has 2 aliphatic rings. The normalized spacial score (nSPS) is 17.9. The summed E-state index contributed by atoms with van der Waals surface area (Å²) in [5, 5.41) is 9.06. The third-order valence-corrected chi connectivity index (χ3v) is 5.09. The molecule has 5 nitrogen and oxygen atoms in total. The van der Waals surface area contributed by atoms with E-state index in [1.807, 2.05) is 11.0 Å². The molecular weight excluding hydrogens is 330 g/mol. The molecule has 1 aliphatic heterocycles. The van der Waals surface area contributed by atoms with Gasteiger partial charge in [-0.05, 0) is 37.0 Å². The average molecular weight is 352 g/mol. The number of hydrogen-bond acceptors (Lipinski definition) is 3. The van der Waals surface area contributed by atoms with Gasteiger partial charge in [-0.2, -0.15) is 0 Å². The van der Waals surface area contributed by atoms with Crippen LogP contribution in [0.15, 0.2) is 12.1 Å². The lowest BCUT2D eigenvalue weighted by atomic mass is 9.94. The van der Waals surface area contributed by atoms with E-state index >= 15 is 0 Å². The fraction of sp³-hybridized carbons (Fsp3) is 0.556. The van der Waals surface area contributed by atoms with Crippen LogP contribution in [-0.2, 0) is 11.3 Å². The fourth-order valence-electron chi connectivity index (χ4n) is 3.54. The summed E-state index contributed by atoms with van der Waals surface area (Å²) in [5.74, 6) is -0.248. The summed E-state index contributed by atoms with van der Waals surface area (Å²) in [6.45, 7) is 0.909. The van der Waals surface area contributed by atoms with Crippen LogP contribution in [0.2, 0.25) is 5.02 Å². The zero-order chi connectivity index (χ0) is 17.1. The lowest BCUT2D eigenvalue weighted by Gasteiger charge is -2.30. The van der Waals surface area contributed by atoms with E-state index in [-0.39, 0.29) is 12.3 Å². The first-order chi connectivity index (χ1) is 11.6. The Morgan fingerprint density at radius 1 is 1.29 bits per heavy atom. The topological polar surface area (TPSA) is 66.8 Å². The maximum Gasteiger partial charge on any atom is 0.303 e. The molecule has 1 aromatic rings. The third kappa shape index (κ3) is 3.66. The molecule has 0 saturated heterocycles. The van der Waals surface area contributed by atoms with Gasteiger partial charge >= 0.3 is 5.97 Å². The van der Waals surface area contributed by atoms with E-state index in [1.165, 1.54) is 19.3 Å². The number of carbonyl (C=O) groups excluding carboxylic acids is 1. The Morgan fingerprint density at radius 2 is 2.04 bits per heavy atom. The van der Waals surface area contributed by atoms with Crippen LogP contribution >= 0.6 is 11.6 Å². The highest BCUT2D eigenvalue weighted by atomic mass is 35.5. The Labute approximate surface area is 146 Å². The Bertz CT molecular complexity index is 640. The molecule has 1 N–H and O–H groups in total. The van der Waals surface area contributed by atoms with E-state index in [0.29, 0.717) is 41.9 Å². The van der Waals surface area contributed by atoms with Crippen LogP contribution in [-0.4, -0.2) is 34.5 Å². The van der Waals surface area contributed by atoms with Gasteiger partial charge in [0, 0.05) is 24.6 Å². The van der Waals surface area contributed by atoms with E-state index in [9.17, 15) is 9.59 Å². The van der Waals surface area contributed by atoms with Crippen molar-refractivity contribution in [3.63, 3.8) is 0 Å². The van der Waals surface area contributed by atoms with Gasteiger partial charge in [0.15, 0.2) is 0 Å². The van der Waals surface area contributed by atoms with Crippen molar-refractivity contribution in [1.82, 2.24) is 4.90 Å². The van der Waals surface area contributed by atoms with Crippen LogP contribution in [0.25, 0.3) is 0 Å². The van der Waals surface area contributed by atoms with Crippen molar-refractivity contribution >= 4 is 23.5 Å². The molecule has 3 rings (SSSR count). The molecule has 24 heavy (non-hydrogen) atoms. The zero-order valence-corrected chi connectivity index (χ0v) is 14.3. The molecule has 6 heteroatoms. The number of hydrogen-bond donors (Lipinski definition) is 1. The Kier molecular flexibility index (Phi) is 5.29. The van der Waals surface area contributed by atoms with Gasteiger partial charge in [0.25, 0.3) is 5.91 Å². The number of ether oxygens (including phenoxy) is 1. The minimum atomic E-state index is -0.840. The van der Waals surface area contributed by atoms with Crippen molar-refractivity contribution < 1.29 is 19.4 Å². The van der Waals surface area contributed by atoms with Gasteiger partial charge in [0.05, 0.1) is 11.6 Å². The summed E-state index contributed by atoms with van der Waals surface area (Å²) in [4.78, 5) is 25.2. The molecule has 1 aromatic carbocycles. The number of fused-ring (bicyclic) bond motifs is 1. The van der Waals surface area contributed by atoms with Crippen LogP contribution in [0.5, 0.6) is 5.75 Å². The van der Waals surface area contributed by atoms with E-state index in [4.69, 9.17) is 21.4 Å². The number of benzene rings is 1. The summed E-state index contributed by atoms with van der Waals surface area (Å²) >= 11 is 6.24. The first-order valence-corrected chi connectivity index (χ1v) is 8.92. The van der Waals surface area contributed by atoms with Gasteiger partial charge in [-0.1, -0.05) is 30.9 Å². The largest absolute Gasteiger partial charge is 0.492 e. The van der Waals surface area contributed by atoms with Crippen LogP contribution in [0, 0.1) is 0 Å². The van der Waals surface area contributed by atoms with Crippen molar-refractivity contribution in [3.8, 4) is 5.75 Å². The van der Waals surface area contributed by atoms with Gasteiger partial charge in [-0.25, -0.2) is 0 Å². The maximum atomic E-state index is 12.7. The zero-order valence-electron chi connectivity index (χ0n) is 13.6. The van der Waals surface area contributed by atoms with Crippen LogP contribution in [0.1, 0.15) is 60.9 Å². The molecule has 130 valence electrons. The summed E-state index contributed by atoms with van der Waals surface area (Å²) in [5.41, 5.74) is 1.62. The molecule has 0 unspecified atom stereocenters. The molecule has 1 amide bonds. The van der Waals surface area contributed by atoms with E-state index in [2.05, 4.69) is 0 Å². The predicted molar refractivity (Wildman–Crippen MR) is 90.6 cm³/mol. The second kappa shape index (κ2) is 7.43. The summed E-state index contributed by atoms with van der Waals surface area (Å²) in [7, 11) is 0. The number of rotatable bonds is 6. The molecule has 1 saturated carbocycles. The van der Waals surface area contributed by atoms with Crippen molar-refractivity contribution in [2.24, 2.45) is 0 Å². The average Bonchev–Trinajstić information content (AvgIpc) is 2.88. The number of carboxylic acid groups (broad SMARTS) is 1. The molecule has 1 heterocycles. The standard InChI is InChI=1S/C18H22ClNO4/c19-15-10-14-12(9-16(15)24-8-4-7-17(21)22)11-20(18(14)23)13-5-2-1-3-6-13/h9-10,13H,1-8,11H2,(H,21,22). The second-order valence-corrected chi connectivity index (χ2v) is 6.92. The highest BCUT2D eigenvalue weighted by Crippen LogP contribution is 2.36. The number of amides is 1. The minimum Gasteiger partial charge on any atom is -0.492 e. The molecule has 0 spiro atoms. The molecule has 1 fully saturated rings. The second-order valence-electron chi connectivity index (χ2n) is 6.51. The molecule has 0 bridgehead atoms. The van der Waals surface area contributed by atoms with Crippen molar-refractivity contribution in [2.45, 2.75) is 57.5 Å². The lowest BCUT2D eigenvalue weighted by Crippen LogP contribution is -2.36. The fourth-order valence-corrected chi connectivity index (χ4v) is 3.76. The molecule has 1 aliphatic carbocycles. The summed E-state index contributed by atoms with van der Waals surface area (Å²) in [6.07, 6.45) is 6.27. The van der Waals surface area contributed by atoms with Gasteiger partial charge in [0.2, 0.25) is 0 Å². The number of carbonyl (C=O) groups is 2. The molecule has 0 radical (unpaired) electrons. The minimum absolute atomic E-state index is 0.0660. The number of nitrogens with zero attached hydrogens (tertiary/aromatic N) is 1. The third-order valence-electron chi connectivity index (χ3n) is 4.80.